The van der Waals surface area contributed by atoms with E-state index in [0.29, 0.717) is 0 Å². The molecule has 2 N–H and O–H groups in total. The van der Waals surface area contributed by atoms with Gasteiger partial charge in [-0.05, 0) is 6.07 Å². The highest BCUT2D eigenvalue weighted by Crippen LogP contribution is 2.23. The van der Waals surface area contributed by atoms with Crippen LogP contribution in [-0.2, 0) is 6.42 Å². The standard InChI is InChI=1S/C11H13N3O/c1-2-10-9(3-4-15-10)11(12)8-5-13-7-14-6-8/h3-7,11H,2,12H2,1H3. The van der Waals surface area contributed by atoms with Crippen molar-refractivity contribution in [3.63, 3.8) is 0 Å². The molecule has 0 fully saturated rings. The van der Waals surface area contributed by atoms with Crippen LogP contribution in [0, 0.1) is 0 Å². The smallest absolute Gasteiger partial charge is 0.115 e. The van der Waals surface area contributed by atoms with E-state index < -0.39 is 0 Å². The summed E-state index contributed by atoms with van der Waals surface area (Å²) in [7, 11) is 0. The second-order valence-electron chi connectivity index (χ2n) is 3.30. The number of hydrogen-bond donors (Lipinski definition) is 1. The van der Waals surface area contributed by atoms with Crippen LogP contribution in [0.4, 0.5) is 0 Å². The fourth-order valence-electron chi connectivity index (χ4n) is 1.57. The van der Waals surface area contributed by atoms with Crippen LogP contribution >= 0.6 is 0 Å². The summed E-state index contributed by atoms with van der Waals surface area (Å²) in [6.07, 6.45) is 7.45. The molecule has 1 unspecified atom stereocenters. The summed E-state index contributed by atoms with van der Waals surface area (Å²) >= 11 is 0. The van der Waals surface area contributed by atoms with Gasteiger partial charge in [-0.3, -0.25) is 0 Å². The molecule has 2 aromatic rings. The van der Waals surface area contributed by atoms with Gasteiger partial charge in [0.2, 0.25) is 0 Å². The van der Waals surface area contributed by atoms with Crippen LogP contribution < -0.4 is 5.73 Å². The van der Waals surface area contributed by atoms with Crippen molar-refractivity contribution in [2.75, 3.05) is 0 Å². The first kappa shape index (κ1) is 9.86. The van der Waals surface area contributed by atoms with Crippen LogP contribution in [0.1, 0.15) is 29.9 Å². The number of nitrogens with two attached hydrogens (primary N) is 1. The van der Waals surface area contributed by atoms with Crippen molar-refractivity contribution in [2.45, 2.75) is 19.4 Å². The first-order chi connectivity index (χ1) is 7.33. The minimum Gasteiger partial charge on any atom is -0.469 e. The largest absolute Gasteiger partial charge is 0.469 e. The van der Waals surface area contributed by atoms with E-state index in [-0.39, 0.29) is 6.04 Å². The van der Waals surface area contributed by atoms with Crippen LogP contribution in [-0.4, -0.2) is 9.97 Å². The Morgan fingerprint density at radius 3 is 2.80 bits per heavy atom. The summed E-state index contributed by atoms with van der Waals surface area (Å²) in [4.78, 5) is 7.90. The quantitative estimate of drug-likeness (QED) is 0.824. The van der Waals surface area contributed by atoms with E-state index in [2.05, 4.69) is 9.97 Å². The lowest BCUT2D eigenvalue weighted by Crippen LogP contribution is -2.13. The maximum Gasteiger partial charge on any atom is 0.115 e. The third-order valence-electron chi connectivity index (χ3n) is 2.38. The van der Waals surface area contributed by atoms with E-state index in [1.165, 1.54) is 6.33 Å². The molecule has 0 aliphatic heterocycles. The Morgan fingerprint density at radius 1 is 1.40 bits per heavy atom. The van der Waals surface area contributed by atoms with Crippen LogP contribution in [0.3, 0.4) is 0 Å². The van der Waals surface area contributed by atoms with Crippen LogP contribution in [0.5, 0.6) is 0 Å². The average Bonchev–Trinajstić information content (AvgIpc) is 2.77. The van der Waals surface area contributed by atoms with Gasteiger partial charge in [0.05, 0.1) is 12.3 Å². The molecule has 2 aromatic heterocycles. The molecule has 0 saturated heterocycles. The zero-order valence-corrected chi connectivity index (χ0v) is 8.55. The molecule has 1 atom stereocenters. The molecule has 0 amide bonds. The molecule has 0 aliphatic rings. The summed E-state index contributed by atoms with van der Waals surface area (Å²) < 4.78 is 5.34. The fourth-order valence-corrected chi connectivity index (χ4v) is 1.57. The summed E-state index contributed by atoms with van der Waals surface area (Å²) in [5, 5.41) is 0. The number of aryl methyl sites for hydroxylation is 1. The third-order valence-corrected chi connectivity index (χ3v) is 2.38. The molecular formula is C11H13N3O. The molecule has 2 rings (SSSR count). The van der Waals surface area contributed by atoms with Crippen LogP contribution in [0.15, 0.2) is 35.5 Å². The highest BCUT2D eigenvalue weighted by atomic mass is 16.3. The number of aromatic nitrogens is 2. The number of rotatable bonds is 3. The van der Waals surface area contributed by atoms with Gasteiger partial charge < -0.3 is 10.2 Å². The highest BCUT2D eigenvalue weighted by Gasteiger charge is 2.14. The maximum atomic E-state index is 6.10. The van der Waals surface area contributed by atoms with Gasteiger partial charge in [-0.2, -0.15) is 0 Å². The number of furan rings is 1. The predicted molar refractivity (Wildman–Crippen MR) is 56.1 cm³/mol. The number of hydrogen-bond acceptors (Lipinski definition) is 4. The highest BCUT2D eigenvalue weighted by molar-refractivity contribution is 5.29. The van der Waals surface area contributed by atoms with Crippen molar-refractivity contribution < 1.29 is 4.42 Å². The SMILES string of the molecule is CCc1occc1C(N)c1cncnc1. The van der Waals surface area contributed by atoms with Crippen molar-refractivity contribution in [3.8, 4) is 0 Å². The zero-order chi connectivity index (χ0) is 10.7. The maximum absolute atomic E-state index is 6.10. The second-order valence-corrected chi connectivity index (χ2v) is 3.30. The summed E-state index contributed by atoms with van der Waals surface area (Å²) in [6, 6.07) is 1.69. The van der Waals surface area contributed by atoms with E-state index in [0.717, 1.165) is 23.3 Å². The minimum absolute atomic E-state index is 0.208. The lowest BCUT2D eigenvalue weighted by atomic mass is 10.0. The topological polar surface area (TPSA) is 64.9 Å². The van der Waals surface area contributed by atoms with Crippen molar-refractivity contribution in [2.24, 2.45) is 5.73 Å². The Kier molecular flexibility index (Phi) is 2.78. The van der Waals surface area contributed by atoms with Gasteiger partial charge in [0.15, 0.2) is 0 Å². The Bertz CT molecular complexity index is 424. The van der Waals surface area contributed by atoms with Gasteiger partial charge in [-0.25, -0.2) is 9.97 Å². The van der Waals surface area contributed by atoms with Gasteiger partial charge >= 0.3 is 0 Å². The Labute approximate surface area is 88.2 Å². The molecular weight excluding hydrogens is 190 g/mol. The molecule has 4 heteroatoms. The van der Waals surface area contributed by atoms with Gasteiger partial charge in [0.25, 0.3) is 0 Å². The molecule has 4 nitrogen and oxygen atoms in total. The van der Waals surface area contributed by atoms with Crippen molar-refractivity contribution >= 4 is 0 Å². The predicted octanol–water partition coefficient (Wildman–Crippen LogP) is 1.68. The lowest BCUT2D eigenvalue weighted by molar-refractivity contribution is 0.509. The molecule has 0 bridgehead atoms. The molecule has 0 radical (unpaired) electrons. The van der Waals surface area contributed by atoms with Crippen LogP contribution in [0.25, 0.3) is 0 Å². The van der Waals surface area contributed by atoms with Gasteiger partial charge in [0.1, 0.15) is 12.1 Å². The minimum atomic E-state index is -0.208. The van der Waals surface area contributed by atoms with Crippen molar-refractivity contribution in [3.05, 3.63) is 47.9 Å². The first-order valence-electron chi connectivity index (χ1n) is 4.89. The molecule has 0 spiro atoms. The summed E-state index contributed by atoms with van der Waals surface area (Å²) in [5.41, 5.74) is 8.00. The monoisotopic (exact) mass is 203 g/mol. The third kappa shape index (κ3) is 1.89. The molecule has 0 saturated carbocycles. The van der Waals surface area contributed by atoms with Crippen LogP contribution in [0.2, 0.25) is 0 Å². The average molecular weight is 203 g/mol. The fraction of sp³-hybridized carbons (Fsp3) is 0.273. The van der Waals surface area contributed by atoms with E-state index >= 15 is 0 Å². The number of nitrogens with zero attached hydrogens (tertiary/aromatic N) is 2. The van der Waals surface area contributed by atoms with Crippen molar-refractivity contribution in [1.29, 1.82) is 0 Å². The van der Waals surface area contributed by atoms with Gasteiger partial charge in [-0.15, -0.1) is 0 Å². The summed E-state index contributed by atoms with van der Waals surface area (Å²) in [6.45, 7) is 2.04. The van der Waals surface area contributed by atoms with E-state index in [4.69, 9.17) is 10.2 Å². The molecule has 78 valence electrons. The molecule has 2 heterocycles. The Balaban J connectivity index is 2.32. The van der Waals surface area contributed by atoms with E-state index in [1.54, 1.807) is 18.7 Å². The van der Waals surface area contributed by atoms with Gasteiger partial charge in [-0.1, -0.05) is 6.92 Å². The second kappa shape index (κ2) is 4.23. The van der Waals surface area contributed by atoms with Gasteiger partial charge in [0, 0.05) is 29.9 Å². The van der Waals surface area contributed by atoms with Crippen molar-refractivity contribution in [1.82, 2.24) is 9.97 Å². The molecule has 0 aliphatic carbocycles. The molecule has 0 aromatic carbocycles. The van der Waals surface area contributed by atoms with E-state index in [9.17, 15) is 0 Å². The normalized spacial score (nSPS) is 12.7. The first-order valence-corrected chi connectivity index (χ1v) is 4.89. The zero-order valence-electron chi connectivity index (χ0n) is 8.55. The lowest BCUT2D eigenvalue weighted by Gasteiger charge is -2.10. The Morgan fingerprint density at radius 2 is 2.13 bits per heavy atom. The Hall–Kier alpha value is -1.68. The van der Waals surface area contributed by atoms with E-state index in [1.807, 2.05) is 13.0 Å². The molecule has 15 heavy (non-hydrogen) atoms. The summed E-state index contributed by atoms with van der Waals surface area (Å²) in [5.74, 6) is 0.923.